The largest absolute Gasteiger partial charge is 0.389 e. The van der Waals surface area contributed by atoms with Crippen molar-refractivity contribution >= 4 is 17.2 Å². The zero-order valence-corrected chi connectivity index (χ0v) is 12.2. The maximum atomic E-state index is 14.3. The summed E-state index contributed by atoms with van der Waals surface area (Å²) in [6.45, 7) is 5.02. The third kappa shape index (κ3) is 3.74. The van der Waals surface area contributed by atoms with Crippen LogP contribution in [0.1, 0.15) is 37.3 Å². The molecular weight excluding hydrogens is 259 g/mol. The van der Waals surface area contributed by atoms with E-state index in [1.54, 1.807) is 6.07 Å². The molecule has 2 nitrogen and oxygen atoms in total. The summed E-state index contributed by atoms with van der Waals surface area (Å²) in [7, 11) is 0. The van der Waals surface area contributed by atoms with Crippen molar-refractivity contribution in [3.05, 3.63) is 35.1 Å². The molecule has 1 atom stereocenters. The van der Waals surface area contributed by atoms with Crippen molar-refractivity contribution in [2.45, 2.75) is 32.7 Å². The van der Waals surface area contributed by atoms with Crippen LogP contribution in [0.2, 0.25) is 0 Å². The summed E-state index contributed by atoms with van der Waals surface area (Å²) >= 11 is 4.87. The molecule has 0 aromatic heterocycles. The molecule has 1 fully saturated rings. The van der Waals surface area contributed by atoms with Crippen LogP contribution in [0.3, 0.4) is 0 Å². The lowest BCUT2D eigenvalue weighted by atomic mass is 10.0. The van der Waals surface area contributed by atoms with Crippen LogP contribution in [-0.2, 0) is 6.54 Å². The van der Waals surface area contributed by atoms with Crippen molar-refractivity contribution in [2.24, 2.45) is 11.7 Å². The molecule has 2 rings (SSSR count). The SMILES string of the molecule is CC1CCCN(Cc2cccc(C(N)=S)c2F)CC1. The molecule has 2 N–H and O–H groups in total. The first-order valence-electron chi connectivity index (χ1n) is 6.87. The van der Waals surface area contributed by atoms with Crippen molar-refractivity contribution < 1.29 is 4.39 Å². The number of halogens is 1. The standard InChI is InChI=1S/C15H21FN2S/c1-11-4-3-8-18(9-7-11)10-12-5-2-6-13(14(12)16)15(17)19/h2,5-6,11H,3-4,7-10H2,1H3,(H2,17,19). The lowest BCUT2D eigenvalue weighted by Crippen LogP contribution is -2.25. The van der Waals surface area contributed by atoms with Crippen LogP contribution >= 0.6 is 12.2 Å². The number of nitrogens with zero attached hydrogens (tertiary/aromatic N) is 1. The van der Waals surface area contributed by atoms with Gasteiger partial charge in [0.2, 0.25) is 0 Å². The van der Waals surface area contributed by atoms with Crippen LogP contribution in [0.4, 0.5) is 4.39 Å². The fourth-order valence-electron chi connectivity index (χ4n) is 2.61. The molecule has 1 heterocycles. The molecule has 0 bridgehead atoms. The smallest absolute Gasteiger partial charge is 0.137 e. The van der Waals surface area contributed by atoms with Crippen LogP contribution in [0.15, 0.2) is 18.2 Å². The number of thiocarbonyl (C=S) groups is 1. The molecule has 1 aliphatic heterocycles. The Kier molecular flexibility index (Phi) is 4.88. The van der Waals surface area contributed by atoms with Gasteiger partial charge in [-0.3, -0.25) is 4.90 Å². The summed E-state index contributed by atoms with van der Waals surface area (Å²) < 4.78 is 14.3. The van der Waals surface area contributed by atoms with Crippen LogP contribution in [0, 0.1) is 11.7 Å². The van der Waals surface area contributed by atoms with E-state index in [0.29, 0.717) is 17.7 Å². The molecule has 0 radical (unpaired) electrons. The summed E-state index contributed by atoms with van der Waals surface area (Å²) in [4.78, 5) is 2.45. The number of hydrogen-bond acceptors (Lipinski definition) is 2. The third-order valence-electron chi connectivity index (χ3n) is 3.85. The van der Waals surface area contributed by atoms with Gasteiger partial charge in [0.25, 0.3) is 0 Å². The maximum absolute atomic E-state index is 14.3. The molecule has 1 aliphatic rings. The molecule has 1 aromatic carbocycles. The Morgan fingerprint density at radius 2 is 2.21 bits per heavy atom. The molecule has 0 amide bonds. The van der Waals surface area contributed by atoms with Gasteiger partial charge in [-0.15, -0.1) is 0 Å². The highest BCUT2D eigenvalue weighted by atomic mass is 32.1. The molecule has 4 heteroatoms. The van der Waals surface area contributed by atoms with E-state index in [2.05, 4.69) is 11.8 Å². The van der Waals surface area contributed by atoms with Crippen molar-refractivity contribution in [3.8, 4) is 0 Å². The quantitative estimate of drug-likeness (QED) is 0.863. The second-order valence-electron chi connectivity index (χ2n) is 5.46. The third-order valence-corrected chi connectivity index (χ3v) is 4.07. The Hall–Kier alpha value is -1.00. The van der Waals surface area contributed by atoms with E-state index in [-0.39, 0.29) is 10.8 Å². The van der Waals surface area contributed by atoms with E-state index >= 15 is 0 Å². The van der Waals surface area contributed by atoms with Gasteiger partial charge in [-0.25, -0.2) is 4.39 Å². The molecule has 0 spiro atoms. The first-order valence-corrected chi connectivity index (χ1v) is 7.28. The summed E-state index contributed by atoms with van der Waals surface area (Å²) in [6, 6.07) is 5.30. The van der Waals surface area contributed by atoms with E-state index < -0.39 is 0 Å². The Labute approximate surface area is 119 Å². The molecule has 104 valence electrons. The monoisotopic (exact) mass is 280 g/mol. The lowest BCUT2D eigenvalue weighted by Gasteiger charge is -2.20. The molecule has 1 unspecified atom stereocenters. The van der Waals surface area contributed by atoms with Gasteiger partial charge in [-0.2, -0.15) is 0 Å². The zero-order chi connectivity index (χ0) is 13.8. The van der Waals surface area contributed by atoms with Crippen molar-refractivity contribution in [1.29, 1.82) is 0 Å². The van der Waals surface area contributed by atoms with Gasteiger partial charge >= 0.3 is 0 Å². The van der Waals surface area contributed by atoms with E-state index in [0.717, 1.165) is 19.0 Å². The number of rotatable bonds is 3. The van der Waals surface area contributed by atoms with Crippen LogP contribution in [-0.4, -0.2) is 23.0 Å². The van der Waals surface area contributed by atoms with E-state index in [1.807, 2.05) is 12.1 Å². The summed E-state index contributed by atoms with van der Waals surface area (Å²) in [5, 5.41) is 0. The van der Waals surface area contributed by atoms with E-state index in [4.69, 9.17) is 18.0 Å². The van der Waals surface area contributed by atoms with E-state index in [1.165, 1.54) is 19.3 Å². The molecule has 0 aliphatic carbocycles. The highest BCUT2D eigenvalue weighted by molar-refractivity contribution is 7.80. The average Bonchev–Trinajstić information content (AvgIpc) is 2.57. The molecule has 1 saturated heterocycles. The van der Waals surface area contributed by atoms with Gasteiger partial charge in [0.15, 0.2) is 0 Å². The Bertz CT molecular complexity index is 461. The highest BCUT2D eigenvalue weighted by Gasteiger charge is 2.16. The van der Waals surface area contributed by atoms with Gasteiger partial charge in [0.05, 0.1) is 0 Å². The predicted octanol–water partition coefficient (Wildman–Crippen LogP) is 3.08. The number of nitrogens with two attached hydrogens (primary N) is 1. The minimum absolute atomic E-state index is 0.129. The summed E-state index contributed by atoms with van der Waals surface area (Å²) in [5.41, 5.74) is 6.59. The predicted molar refractivity (Wildman–Crippen MR) is 80.6 cm³/mol. The Morgan fingerprint density at radius 3 is 2.95 bits per heavy atom. The number of benzene rings is 1. The van der Waals surface area contributed by atoms with Gasteiger partial charge in [0, 0.05) is 17.7 Å². The van der Waals surface area contributed by atoms with E-state index in [9.17, 15) is 4.39 Å². The van der Waals surface area contributed by atoms with Gasteiger partial charge in [0.1, 0.15) is 10.8 Å². The van der Waals surface area contributed by atoms with Crippen molar-refractivity contribution in [2.75, 3.05) is 13.1 Å². The van der Waals surface area contributed by atoms with Crippen LogP contribution < -0.4 is 5.73 Å². The number of hydrogen-bond donors (Lipinski definition) is 1. The highest BCUT2D eigenvalue weighted by Crippen LogP contribution is 2.20. The summed E-state index contributed by atoms with van der Waals surface area (Å²) in [5.74, 6) is 0.519. The Morgan fingerprint density at radius 1 is 1.42 bits per heavy atom. The van der Waals surface area contributed by atoms with Crippen molar-refractivity contribution in [3.63, 3.8) is 0 Å². The molecule has 1 aromatic rings. The minimum Gasteiger partial charge on any atom is -0.389 e. The second kappa shape index (κ2) is 6.44. The fraction of sp³-hybridized carbons (Fsp3) is 0.533. The zero-order valence-electron chi connectivity index (χ0n) is 11.4. The molecular formula is C15H21FN2S. The maximum Gasteiger partial charge on any atom is 0.137 e. The normalized spacial score (nSPS) is 21.1. The summed E-state index contributed by atoms with van der Waals surface area (Å²) in [6.07, 6.45) is 3.65. The molecule has 0 saturated carbocycles. The average molecular weight is 280 g/mol. The number of likely N-dealkylation sites (tertiary alicyclic amines) is 1. The topological polar surface area (TPSA) is 29.3 Å². The minimum atomic E-state index is -0.257. The first-order chi connectivity index (χ1) is 9.08. The Balaban J connectivity index is 2.10. The van der Waals surface area contributed by atoms with Crippen molar-refractivity contribution in [1.82, 2.24) is 4.90 Å². The van der Waals surface area contributed by atoms with Gasteiger partial charge < -0.3 is 5.73 Å². The van der Waals surface area contributed by atoms with Gasteiger partial charge in [-0.1, -0.05) is 31.3 Å². The van der Waals surface area contributed by atoms with Crippen LogP contribution in [0.5, 0.6) is 0 Å². The second-order valence-corrected chi connectivity index (χ2v) is 5.89. The molecule has 19 heavy (non-hydrogen) atoms. The lowest BCUT2D eigenvalue weighted by molar-refractivity contribution is 0.269. The van der Waals surface area contributed by atoms with Gasteiger partial charge in [-0.05, 0) is 44.3 Å². The fourth-order valence-corrected chi connectivity index (χ4v) is 2.77. The van der Waals surface area contributed by atoms with Crippen LogP contribution in [0.25, 0.3) is 0 Å². The first kappa shape index (κ1) is 14.4.